The lowest BCUT2D eigenvalue weighted by Gasteiger charge is -2.59. The van der Waals surface area contributed by atoms with Gasteiger partial charge < -0.3 is 24.4 Å². The summed E-state index contributed by atoms with van der Waals surface area (Å²) >= 11 is 8.16. The lowest BCUT2D eigenvalue weighted by Crippen LogP contribution is -2.63. The number of carbonyl (C=O) groups is 3. The quantitative estimate of drug-likeness (QED) is 0.105. The number of aryl methyl sites for hydroxylation is 1. The van der Waals surface area contributed by atoms with Crippen molar-refractivity contribution in [3.63, 3.8) is 0 Å². The first-order valence-corrected chi connectivity index (χ1v) is 28.8. The van der Waals surface area contributed by atoms with Crippen LogP contribution in [0.2, 0.25) is 5.02 Å². The van der Waals surface area contributed by atoms with Gasteiger partial charge in [0, 0.05) is 44.1 Å². The number of aromatic nitrogens is 1. The molecule has 11 rings (SSSR count). The summed E-state index contributed by atoms with van der Waals surface area (Å²) in [6, 6.07) is 26.6. The highest BCUT2D eigenvalue weighted by molar-refractivity contribution is 7.99. The number of Topliss-reactive ketones (excluding diaryl/α,β-unsaturated/α-hetero) is 1. The maximum atomic E-state index is 15.2. The maximum Gasteiger partial charge on any atom is 0.306 e. The Morgan fingerprint density at radius 2 is 1.78 bits per heavy atom. The zero-order valence-electron chi connectivity index (χ0n) is 43.4. The Morgan fingerprint density at radius 1 is 0.986 bits per heavy atom. The second kappa shape index (κ2) is 20.2. The lowest BCUT2D eigenvalue weighted by molar-refractivity contribution is -0.210. The van der Waals surface area contributed by atoms with Crippen LogP contribution in [-0.2, 0) is 40.6 Å². The predicted octanol–water partition coefficient (Wildman–Crippen LogP) is 12.9. The third-order valence-electron chi connectivity index (χ3n) is 18.9. The molecule has 2 N–H and O–H groups in total. The molecular weight excluding hydrogens is 966 g/mol. The standard InChI is InChI=1S/C63H72ClNO8S/c1-59(2,70)49-16-9-8-12-40(49)20-26-53(43-15-10-11-39(31-43)17-23-46-24-19-41-18-22-45(64)33-51(41)65-46)74-38-62(29-30-62)36-56(69)71-37-54(68)63-55(72-58(73-63)42-13-6-5-7-14-42)34-50-48-25-21-44-32-47(66)27-28-60(44,3)57(48)52(67)35-61(50,63)4/h8-12,15-19,22-24,27-28,31-33,42,48,50,52-53,55,57-58,67,70H,5-7,13-14,20-21,25-26,29-30,34-38H2,1-4H3/b23-17+/t48-,50-,52-,53?,55+,57+,58+,60-,61-,63+/m0/s1. The van der Waals surface area contributed by atoms with E-state index < -0.39 is 47.1 Å². The van der Waals surface area contributed by atoms with Crippen molar-refractivity contribution in [1.29, 1.82) is 0 Å². The first-order valence-electron chi connectivity index (χ1n) is 27.4. The number of aliphatic hydroxyl groups excluding tert-OH is 1. The van der Waals surface area contributed by atoms with Gasteiger partial charge in [-0.3, -0.25) is 14.4 Å². The van der Waals surface area contributed by atoms with Crippen LogP contribution in [0.3, 0.4) is 0 Å². The van der Waals surface area contributed by atoms with Crippen LogP contribution >= 0.6 is 23.4 Å². The van der Waals surface area contributed by atoms with E-state index in [1.54, 1.807) is 12.2 Å². The summed E-state index contributed by atoms with van der Waals surface area (Å²) in [5.41, 5.74) is 3.29. The van der Waals surface area contributed by atoms with E-state index in [-0.39, 0.29) is 58.3 Å². The van der Waals surface area contributed by atoms with E-state index in [9.17, 15) is 19.8 Å². The maximum absolute atomic E-state index is 15.2. The highest BCUT2D eigenvalue weighted by atomic mass is 35.5. The second-order valence-electron chi connectivity index (χ2n) is 24.1. The number of benzene rings is 3. The van der Waals surface area contributed by atoms with Crippen LogP contribution < -0.4 is 0 Å². The molecule has 6 fully saturated rings. The van der Waals surface area contributed by atoms with Crippen molar-refractivity contribution in [3.8, 4) is 0 Å². The van der Waals surface area contributed by atoms with Crippen LogP contribution in [0.25, 0.3) is 23.1 Å². The molecule has 0 amide bonds. The zero-order valence-corrected chi connectivity index (χ0v) is 45.0. The second-order valence-corrected chi connectivity index (χ2v) is 25.7. The Morgan fingerprint density at radius 3 is 2.58 bits per heavy atom. The van der Waals surface area contributed by atoms with Crippen LogP contribution in [0.1, 0.15) is 144 Å². The number of thioether (sulfide) groups is 1. The van der Waals surface area contributed by atoms with Gasteiger partial charge in [0.05, 0.1) is 35.4 Å². The third kappa shape index (κ3) is 9.72. The Hall–Kier alpha value is -4.42. The largest absolute Gasteiger partial charge is 0.458 e. The normalized spacial score (nSPS) is 31.6. The average molecular weight is 1040 g/mol. The van der Waals surface area contributed by atoms with Gasteiger partial charge in [0.1, 0.15) is 0 Å². The van der Waals surface area contributed by atoms with E-state index in [0.717, 1.165) is 109 Å². The van der Waals surface area contributed by atoms with Crippen molar-refractivity contribution in [2.24, 2.45) is 39.9 Å². The molecule has 1 aromatic heterocycles. The minimum absolute atomic E-state index is 0.00127. The number of ketones is 2. The van der Waals surface area contributed by atoms with E-state index in [1.165, 1.54) is 12.0 Å². The highest BCUT2D eigenvalue weighted by Crippen LogP contribution is 2.70. The molecule has 390 valence electrons. The first-order chi connectivity index (χ1) is 35.5. The van der Waals surface area contributed by atoms with Gasteiger partial charge in [-0.1, -0.05) is 123 Å². The van der Waals surface area contributed by atoms with Crippen molar-refractivity contribution in [2.45, 2.75) is 153 Å². The molecule has 74 heavy (non-hydrogen) atoms. The molecule has 0 bridgehead atoms. The van der Waals surface area contributed by atoms with Gasteiger partial charge >= 0.3 is 5.97 Å². The molecule has 4 aromatic rings. The number of ether oxygens (including phenoxy) is 3. The van der Waals surface area contributed by atoms with Crippen molar-refractivity contribution in [1.82, 2.24) is 4.98 Å². The molecule has 1 unspecified atom stereocenters. The Kier molecular flexibility index (Phi) is 14.1. The zero-order chi connectivity index (χ0) is 51.6. The fourth-order valence-electron chi connectivity index (χ4n) is 14.9. The van der Waals surface area contributed by atoms with Crippen molar-refractivity contribution in [2.75, 3.05) is 12.4 Å². The van der Waals surface area contributed by atoms with E-state index in [2.05, 4.69) is 56.3 Å². The highest BCUT2D eigenvalue weighted by Gasteiger charge is 2.76. The van der Waals surface area contributed by atoms with Crippen LogP contribution in [0.15, 0.2) is 103 Å². The van der Waals surface area contributed by atoms with Crippen molar-refractivity contribution < 1.29 is 38.8 Å². The smallest absolute Gasteiger partial charge is 0.306 e. The molecule has 5 saturated carbocycles. The molecular formula is C63H72ClNO8S. The number of allylic oxidation sites excluding steroid dienone is 4. The fourth-order valence-corrected chi connectivity index (χ4v) is 16.6. The molecule has 10 atom stereocenters. The fraction of sp³-hybridized carbons (Fsp3) is 0.524. The van der Waals surface area contributed by atoms with Gasteiger partial charge in [-0.15, -0.1) is 0 Å². The molecule has 2 heterocycles. The number of hydrogen-bond acceptors (Lipinski definition) is 10. The number of fused-ring (bicyclic) bond motifs is 8. The summed E-state index contributed by atoms with van der Waals surface area (Å²) in [6.07, 6.45) is 19.4. The van der Waals surface area contributed by atoms with Gasteiger partial charge in [0.15, 0.2) is 24.3 Å². The first kappa shape index (κ1) is 51.7. The van der Waals surface area contributed by atoms with E-state index in [1.807, 2.05) is 80.2 Å². The number of halogens is 1. The van der Waals surface area contributed by atoms with Crippen LogP contribution in [0, 0.1) is 39.9 Å². The summed E-state index contributed by atoms with van der Waals surface area (Å²) in [5.74, 6) is 0.357. The molecule has 6 aliphatic carbocycles. The van der Waals surface area contributed by atoms with E-state index >= 15 is 4.79 Å². The third-order valence-corrected chi connectivity index (χ3v) is 20.8. The van der Waals surface area contributed by atoms with Gasteiger partial charge in [0.25, 0.3) is 0 Å². The van der Waals surface area contributed by atoms with E-state index in [0.29, 0.717) is 17.9 Å². The molecule has 9 nitrogen and oxygen atoms in total. The number of hydrogen-bond donors (Lipinski definition) is 2. The number of pyridine rings is 1. The topological polar surface area (TPSA) is 132 Å². The lowest BCUT2D eigenvalue weighted by atomic mass is 9.46. The summed E-state index contributed by atoms with van der Waals surface area (Å²) in [4.78, 5) is 46.7. The monoisotopic (exact) mass is 1040 g/mol. The Balaban J connectivity index is 0.796. The Labute approximate surface area is 446 Å². The number of carbonyl (C=O) groups excluding carboxylic acids is 3. The molecule has 11 heteroatoms. The minimum atomic E-state index is -1.35. The average Bonchev–Trinajstić information content (AvgIpc) is 3.99. The Bertz CT molecular complexity index is 2910. The van der Waals surface area contributed by atoms with Gasteiger partial charge in [-0.05, 0) is 154 Å². The summed E-state index contributed by atoms with van der Waals surface area (Å²) in [7, 11) is 0. The molecule has 1 saturated heterocycles. The van der Waals surface area contributed by atoms with Crippen LogP contribution in [0.5, 0.6) is 0 Å². The number of aliphatic hydroxyl groups is 2. The van der Waals surface area contributed by atoms with Crippen LogP contribution in [0.4, 0.5) is 0 Å². The van der Waals surface area contributed by atoms with Crippen molar-refractivity contribution >= 4 is 64.0 Å². The summed E-state index contributed by atoms with van der Waals surface area (Å²) in [6.45, 7) is 7.57. The SMILES string of the molecule is CC(C)(O)c1ccccc1CCC(SCC1(CC(=O)OCC(=O)[C@@]23O[C@H](C4CCCCC4)O[C@@H]2C[C@H]2[C@@H]4CCC5=CC(=O)C=C[C@]5(C)[C@H]4[C@@H](O)C[C@@]23C)CC1)c1cccc(/C=C/c2ccc3ccc(Cl)cc3n2)c1. The number of esters is 1. The molecule has 7 aliphatic rings. The van der Waals surface area contributed by atoms with Crippen LogP contribution in [-0.4, -0.2) is 69.2 Å². The minimum Gasteiger partial charge on any atom is -0.458 e. The number of nitrogens with zero attached hydrogens (tertiary/aromatic N) is 1. The predicted molar refractivity (Wildman–Crippen MR) is 292 cm³/mol. The van der Waals surface area contributed by atoms with E-state index in [4.69, 9.17) is 30.8 Å². The summed E-state index contributed by atoms with van der Waals surface area (Å²) < 4.78 is 20.2. The summed E-state index contributed by atoms with van der Waals surface area (Å²) in [5, 5.41) is 25.2. The molecule has 1 aliphatic heterocycles. The molecule has 3 aromatic carbocycles. The van der Waals surface area contributed by atoms with Gasteiger partial charge in [0.2, 0.25) is 5.78 Å². The molecule has 0 radical (unpaired) electrons. The van der Waals surface area contributed by atoms with Gasteiger partial charge in [-0.25, -0.2) is 4.98 Å². The van der Waals surface area contributed by atoms with Gasteiger partial charge in [-0.2, -0.15) is 11.8 Å². The van der Waals surface area contributed by atoms with Crippen molar-refractivity contribution in [3.05, 3.63) is 136 Å². The number of rotatable bonds is 16. The molecule has 0 spiro atoms.